The molecule has 0 atom stereocenters. The SMILES string of the molecule is CCc1ccc(CN(C)C(=O)CCc2nc3cc(S(=O)(=O)N(C)C)ccc3n2CC)cc1. The monoisotopic (exact) mass is 456 g/mol. The summed E-state index contributed by atoms with van der Waals surface area (Å²) in [5.74, 6) is 0.839. The van der Waals surface area contributed by atoms with Crippen molar-refractivity contribution in [1.82, 2.24) is 18.8 Å². The van der Waals surface area contributed by atoms with E-state index >= 15 is 0 Å². The summed E-state index contributed by atoms with van der Waals surface area (Å²) >= 11 is 0. The smallest absolute Gasteiger partial charge is 0.242 e. The molecule has 1 heterocycles. The molecule has 3 aromatic rings. The summed E-state index contributed by atoms with van der Waals surface area (Å²) in [6.07, 6.45) is 1.84. The van der Waals surface area contributed by atoms with Crippen molar-refractivity contribution in [3.8, 4) is 0 Å². The van der Waals surface area contributed by atoms with Gasteiger partial charge in [-0.1, -0.05) is 31.2 Å². The number of nitrogens with zero attached hydrogens (tertiary/aromatic N) is 4. The van der Waals surface area contributed by atoms with Crippen molar-refractivity contribution in [1.29, 1.82) is 0 Å². The van der Waals surface area contributed by atoms with E-state index in [0.717, 1.165) is 23.3 Å². The highest BCUT2D eigenvalue weighted by molar-refractivity contribution is 7.89. The lowest BCUT2D eigenvalue weighted by Crippen LogP contribution is -2.26. The van der Waals surface area contributed by atoms with Crippen LogP contribution in [-0.2, 0) is 40.7 Å². The van der Waals surface area contributed by atoms with Crippen molar-refractivity contribution in [2.24, 2.45) is 0 Å². The number of amides is 1. The Morgan fingerprint density at radius 1 is 1.00 bits per heavy atom. The molecule has 0 saturated heterocycles. The third-order valence-electron chi connectivity index (χ3n) is 5.73. The van der Waals surface area contributed by atoms with Gasteiger partial charge in [0.2, 0.25) is 15.9 Å². The second-order valence-electron chi connectivity index (χ2n) is 8.13. The van der Waals surface area contributed by atoms with E-state index in [1.807, 2.05) is 18.5 Å². The predicted molar refractivity (Wildman–Crippen MR) is 127 cm³/mol. The number of hydrogen-bond donors (Lipinski definition) is 0. The van der Waals surface area contributed by atoms with Gasteiger partial charge in [0.1, 0.15) is 5.82 Å². The van der Waals surface area contributed by atoms with Gasteiger partial charge in [0.05, 0.1) is 15.9 Å². The van der Waals surface area contributed by atoms with E-state index < -0.39 is 10.0 Å². The van der Waals surface area contributed by atoms with Crippen LogP contribution in [-0.4, -0.2) is 54.2 Å². The molecule has 32 heavy (non-hydrogen) atoms. The van der Waals surface area contributed by atoms with E-state index in [4.69, 9.17) is 0 Å². The van der Waals surface area contributed by atoms with Crippen LogP contribution in [0, 0.1) is 0 Å². The van der Waals surface area contributed by atoms with E-state index in [1.54, 1.807) is 23.1 Å². The highest BCUT2D eigenvalue weighted by atomic mass is 32.2. The van der Waals surface area contributed by atoms with Crippen molar-refractivity contribution in [2.45, 2.75) is 51.1 Å². The summed E-state index contributed by atoms with van der Waals surface area (Å²) in [6.45, 7) is 5.40. The first-order valence-corrected chi connectivity index (χ1v) is 12.3. The summed E-state index contributed by atoms with van der Waals surface area (Å²) in [6, 6.07) is 13.3. The average molecular weight is 457 g/mol. The first-order valence-electron chi connectivity index (χ1n) is 10.9. The van der Waals surface area contributed by atoms with Crippen LogP contribution in [0.15, 0.2) is 47.4 Å². The fourth-order valence-electron chi connectivity index (χ4n) is 3.73. The number of aryl methyl sites for hydroxylation is 3. The van der Waals surface area contributed by atoms with Gasteiger partial charge in [-0.05, 0) is 42.7 Å². The number of imidazole rings is 1. The molecule has 0 N–H and O–H groups in total. The van der Waals surface area contributed by atoms with E-state index in [-0.39, 0.29) is 10.8 Å². The van der Waals surface area contributed by atoms with Crippen LogP contribution in [0.25, 0.3) is 11.0 Å². The zero-order valence-electron chi connectivity index (χ0n) is 19.5. The van der Waals surface area contributed by atoms with Crippen LogP contribution in [0.2, 0.25) is 0 Å². The van der Waals surface area contributed by atoms with Crippen molar-refractivity contribution in [3.63, 3.8) is 0 Å². The fourth-order valence-corrected chi connectivity index (χ4v) is 4.65. The number of carbonyl (C=O) groups is 1. The van der Waals surface area contributed by atoms with E-state index in [2.05, 4.69) is 36.2 Å². The van der Waals surface area contributed by atoms with E-state index in [1.165, 1.54) is 24.0 Å². The van der Waals surface area contributed by atoms with Crippen LogP contribution >= 0.6 is 0 Å². The molecule has 1 amide bonds. The summed E-state index contributed by atoms with van der Waals surface area (Å²) in [5, 5.41) is 0. The second kappa shape index (κ2) is 9.83. The minimum Gasteiger partial charge on any atom is -0.341 e. The Balaban J connectivity index is 1.73. The van der Waals surface area contributed by atoms with E-state index in [9.17, 15) is 13.2 Å². The van der Waals surface area contributed by atoms with Gasteiger partial charge in [-0.2, -0.15) is 0 Å². The van der Waals surface area contributed by atoms with Gasteiger partial charge in [0.25, 0.3) is 0 Å². The molecule has 0 saturated carbocycles. The quantitative estimate of drug-likeness (QED) is 0.494. The van der Waals surface area contributed by atoms with Crippen molar-refractivity contribution >= 4 is 27.0 Å². The molecule has 0 bridgehead atoms. The standard InChI is InChI=1S/C24H32N4O3S/c1-6-18-8-10-19(11-9-18)17-27(5)24(29)15-14-23-25-21-16-20(32(30,31)26(3)4)12-13-22(21)28(23)7-2/h8-13,16H,6-7,14-15,17H2,1-5H3. The molecule has 3 rings (SSSR count). The summed E-state index contributed by atoms with van der Waals surface area (Å²) in [7, 11) is 1.31. The lowest BCUT2D eigenvalue weighted by molar-refractivity contribution is -0.130. The third kappa shape index (κ3) is 5.02. The van der Waals surface area contributed by atoms with Gasteiger partial charge in [0.15, 0.2) is 0 Å². The maximum Gasteiger partial charge on any atom is 0.242 e. The Morgan fingerprint density at radius 3 is 2.25 bits per heavy atom. The molecule has 1 aromatic heterocycles. The molecule has 0 aliphatic carbocycles. The van der Waals surface area contributed by atoms with Gasteiger partial charge < -0.3 is 9.47 Å². The van der Waals surface area contributed by atoms with Gasteiger partial charge in [-0.15, -0.1) is 0 Å². The second-order valence-corrected chi connectivity index (χ2v) is 10.3. The number of hydrogen-bond acceptors (Lipinski definition) is 4. The summed E-state index contributed by atoms with van der Waals surface area (Å²) in [5.41, 5.74) is 3.88. The Bertz CT molecular complexity index is 1200. The molecule has 172 valence electrons. The number of rotatable bonds is 9. The molecule has 0 unspecified atom stereocenters. The average Bonchev–Trinajstić information content (AvgIpc) is 3.14. The maximum absolute atomic E-state index is 12.7. The van der Waals surface area contributed by atoms with Crippen LogP contribution < -0.4 is 0 Å². The van der Waals surface area contributed by atoms with Crippen molar-refractivity contribution in [2.75, 3.05) is 21.1 Å². The molecule has 0 spiro atoms. The molecule has 2 aromatic carbocycles. The topological polar surface area (TPSA) is 75.5 Å². The van der Waals surface area contributed by atoms with Crippen LogP contribution in [0.1, 0.15) is 37.2 Å². The highest BCUT2D eigenvalue weighted by Crippen LogP contribution is 2.23. The number of aromatic nitrogens is 2. The van der Waals surface area contributed by atoms with Crippen molar-refractivity contribution < 1.29 is 13.2 Å². The van der Waals surface area contributed by atoms with Crippen LogP contribution in [0.5, 0.6) is 0 Å². The number of carbonyl (C=O) groups excluding carboxylic acids is 1. The Hall–Kier alpha value is -2.71. The summed E-state index contributed by atoms with van der Waals surface area (Å²) < 4.78 is 28.1. The summed E-state index contributed by atoms with van der Waals surface area (Å²) in [4.78, 5) is 19.3. The number of fused-ring (bicyclic) bond motifs is 1. The Morgan fingerprint density at radius 2 is 1.66 bits per heavy atom. The van der Waals surface area contributed by atoms with Gasteiger partial charge in [-0.25, -0.2) is 17.7 Å². The van der Waals surface area contributed by atoms with Crippen molar-refractivity contribution in [3.05, 3.63) is 59.4 Å². The molecule has 0 aliphatic rings. The molecule has 7 nitrogen and oxygen atoms in total. The Labute approximate surface area is 190 Å². The van der Waals surface area contributed by atoms with Gasteiger partial charge in [0, 0.05) is 47.1 Å². The normalized spacial score (nSPS) is 11.9. The highest BCUT2D eigenvalue weighted by Gasteiger charge is 2.20. The minimum absolute atomic E-state index is 0.0511. The maximum atomic E-state index is 12.7. The van der Waals surface area contributed by atoms with Crippen LogP contribution in [0.4, 0.5) is 0 Å². The molecular formula is C24H32N4O3S. The molecular weight excluding hydrogens is 424 g/mol. The lowest BCUT2D eigenvalue weighted by atomic mass is 10.1. The van der Waals surface area contributed by atoms with E-state index in [0.29, 0.717) is 31.4 Å². The number of benzene rings is 2. The zero-order chi connectivity index (χ0) is 23.5. The number of sulfonamides is 1. The Kier molecular flexibility index (Phi) is 7.36. The largest absolute Gasteiger partial charge is 0.341 e. The first-order chi connectivity index (χ1) is 15.2. The molecule has 0 radical (unpaired) electrons. The predicted octanol–water partition coefficient (Wildman–Crippen LogP) is 3.46. The van der Waals surface area contributed by atoms with Gasteiger partial charge in [-0.3, -0.25) is 4.79 Å². The van der Waals surface area contributed by atoms with Gasteiger partial charge >= 0.3 is 0 Å². The third-order valence-corrected chi connectivity index (χ3v) is 7.54. The molecule has 0 fully saturated rings. The zero-order valence-corrected chi connectivity index (χ0v) is 20.3. The lowest BCUT2D eigenvalue weighted by Gasteiger charge is -2.17. The molecule has 8 heteroatoms. The minimum atomic E-state index is -3.53. The fraction of sp³-hybridized carbons (Fsp3) is 0.417. The molecule has 0 aliphatic heterocycles. The van der Waals surface area contributed by atoms with Crippen LogP contribution in [0.3, 0.4) is 0 Å². The first kappa shape index (κ1) is 23.9.